The third-order valence-electron chi connectivity index (χ3n) is 20.8. The highest BCUT2D eigenvalue weighted by atomic mass is 16.5. The van der Waals surface area contributed by atoms with Crippen molar-refractivity contribution in [3.05, 3.63) is 23.3 Å². The summed E-state index contributed by atoms with van der Waals surface area (Å²) in [7, 11) is 1.47. The first kappa shape index (κ1) is 57.0. The standard InChI is InChI=1S/C27H42O4.C26H40O4.4CH4/c1-6-18-22-15-17(28)11-13-27(22,4)21-12-14-26(3)19(16(2)7-10-23(29)31-5)8-9-20(26)24(21)25(18)30;1-5-17-21-14-16(27)10-12-26(21,4)20-11-13-25(3)18(15(2)6-9-22(28)29)7-8-19(25)23(20)24(17)30;;;;/h6,16-17,19-22,24,28H,7-15H2,1-5H3;5,15-16,18-21,23,27H,6-14H2,1-4H3,(H,28,29);4*1H4/b18-6+;17-5+;;;;/t16?,17-,19-,20+,21+,22+,24+,26-,27-;15?,16-,18-,19+,20+,21+,23+,25-,26-;;;;/m11..../s1. The first-order valence-electron chi connectivity index (χ1n) is 24.9. The first-order chi connectivity index (χ1) is 28.8. The number of aliphatic carboxylic acids is 1. The van der Waals surface area contributed by atoms with Crippen LogP contribution in [0, 0.1) is 92.7 Å². The van der Waals surface area contributed by atoms with E-state index < -0.39 is 5.97 Å². The zero-order chi connectivity index (χ0) is 44.4. The van der Waals surface area contributed by atoms with Gasteiger partial charge in [0, 0.05) is 24.7 Å². The first-order valence-corrected chi connectivity index (χ1v) is 24.9. The third kappa shape index (κ3) is 9.55. The van der Waals surface area contributed by atoms with Gasteiger partial charge in [0.15, 0.2) is 11.6 Å². The van der Waals surface area contributed by atoms with E-state index in [1.165, 1.54) is 20.0 Å². The van der Waals surface area contributed by atoms with E-state index in [9.17, 15) is 29.4 Å². The van der Waals surface area contributed by atoms with Crippen LogP contribution in [0.2, 0.25) is 0 Å². The topological polar surface area (TPSA) is 138 Å². The average molecular weight is 911 g/mol. The molecule has 65 heavy (non-hydrogen) atoms. The van der Waals surface area contributed by atoms with Gasteiger partial charge in [-0.1, -0.05) is 83.4 Å². The lowest BCUT2D eigenvalue weighted by Gasteiger charge is -2.61. The number of carboxylic acid groups (broad SMARTS) is 1. The Bertz CT molecular complexity index is 1750. The number of carboxylic acids is 1. The van der Waals surface area contributed by atoms with E-state index in [4.69, 9.17) is 9.84 Å². The molecule has 0 amide bonds. The molecule has 0 bridgehead atoms. The van der Waals surface area contributed by atoms with Crippen molar-refractivity contribution in [1.29, 1.82) is 0 Å². The van der Waals surface area contributed by atoms with Crippen LogP contribution in [0.4, 0.5) is 0 Å². The van der Waals surface area contributed by atoms with Gasteiger partial charge in [0.05, 0.1) is 19.3 Å². The molecule has 0 spiro atoms. The quantitative estimate of drug-likeness (QED) is 0.162. The maximum absolute atomic E-state index is 13.9. The van der Waals surface area contributed by atoms with E-state index in [-0.39, 0.29) is 99.6 Å². The predicted octanol–water partition coefficient (Wildman–Crippen LogP) is 13.1. The van der Waals surface area contributed by atoms with Crippen LogP contribution in [0.15, 0.2) is 23.3 Å². The summed E-state index contributed by atoms with van der Waals surface area (Å²) < 4.78 is 4.87. The summed E-state index contributed by atoms with van der Waals surface area (Å²) in [5.41, 5.74) is 2.58. The number of carbonyl (C=O) groups is 4. The Kier molecular flexibility index (Phi) is 18.9. The minimum atomic E-state index is -0.705. The fraction of sp³-hybridized carbons (Fsp3) is 0.860. The van der Waals surface area contributed by atoms with E-state index in [0.29, 0.717) is 65.3 Å². The normalized spacial score (nSPS) is 44.5. The fourth-order valence-corrected chi connectivity index (χ4v) is 17.5. The van der Waals surface area contributed by atoms with Gasteiger partial charge in [0.1, 0.15) is 0 Å². The molecule has 8 nitrogen and oxygen atoms in total. The van der Waals surface area contributed by atoms with Crippen molar-refractivity contribution >= 4 is 23.5 Å². The second kappa shape index (κ2) is 21.5. The Balaban J connectivity index is 0.000000325. The molecule has 18 atom stereocenters. The number of ketones is 2. The number of Topliss-reactive ketones (excluding diaryl/α,β-unsaturated/α-hetero) is 2. The Labute approximate surface area is 397 Å². The number of hydrogen-bond donors (Lipinski definition) is 3. The molecule has 8 saturated carbocycles. The molecule has 2 unspecified atom stereocenters. The van der Waals surface area contributed by atoms with Crippen molar-refractivity contribution in [2.24, 2.45) is 92.7 Å². The highest BCUT2D eigenvalue weighted by Crippen LogP contribution is 2.70. The van der Waals surface area contributed by atoms with E-state index in [0.717, 1.165) is 101 Å². The Hall–Kier alpha value is -2.32. The summed E-state index contributed by atoms with van der Waals surface area (Å²) in [5, 5.41) is 29.9. The Morgan fingerprint density at radius 2 is 0.954 bits per heavy atom. The van der Waals surface area contributed by atoms with Crippen molar-refractivity contribution in [3.63, 3.8) is 0 Å². The number of carbonyl (C=O) groups excluding carboxylic acids is 3. The van der Waals surface area contributed by atoms with Gasteiger partial charge in [0.25, 0.3) is 0 Å². The lowest BCUT2D eigenvalue weighted by atomic mass is 9.43. The van der Waals surface area contributed by atoms with Crippen molar-refractivity contribution in [3.8, 4) is 0 Å². The van der Waals surface area contributed by atoms with Gasteiger partial charge in [0.2, 0.25) is 0 Å². The number of hydrogen-bond acceptors (Lipinski definition) is 7. The van der Waals surface area contributed by atoms with Gasteiger partial charge >= 0.3 is 11.9 Å². The second-order valence-electron chi connectivity index (χ2n) is 23.1. The fourth-order valence-electron chi connectivity index (χ4n) is 17.5. The van der Waals surface area contributed by atoms with Crippen LogP contribution in [0.1, 0.15) is 201 Å². The van der Waals surface area contributed by atoms with E-state index in [1.807, 2.05) is 19.9 Å². The van der Waals surface area contributed by atoms with Crippen LogP contribution in [0.5, 0.6) is 0 Å². The van der Waals surface area contributed by atoms with Crippen molar-refractivity contribution in [2.45, 2.75) is 213 Å². The average Bonchev–Trinajstić information content (AvgIpc) is 3.77. The number of allylic oxidation sites excluding steroid dienone is 4. The largest absolute Gasteiger partial charge is 0.481 e. The molecule has 0 saturated heterocycles. The molecule has 0 aromatic rings. The highest BCUT2D eigenvalue weighted by Gasteiger charge is 2.66. The van der Waals surface area contributed by atoms with E-state index in [2.05, 4.69) is 47.6 Å². The van der Waals surface area contributed by atoms with Crippen LogP contribution >= 0.6 is 0 Å². The molecular weight excluding hydrogens is 813 g/mol. The number of methoxy groups -OCH3 is 1. The summed E-state index contributed by atoms with van der Waals surface area (Å²) >= 11 is 0. The summed E-state index contributed by atoms with van der Waals surface area (Å²) in [4.78, 5) is 50.5. The SMILES string of the molecule is C.C.C.C.C/C=C1/C(=O)[C@@H]2[C@H](CC[C@]3(C)[C@@H](C(C)CCC(=O)O)CC[C@@H]23)[C@@]2(C)CC[C@@H](O)C[C@@H]12.C/C=C1/C(=O)[C@@H]2[C@H](CC[C@]3(C)[C@@H](C(C)CCC(=O)OC)CC[C@@H]23)[C@@]2(C)CC[C@@H](O)C[C@@H]12. The summed E-state index contributed by atoms with van der Waals surface area (Å²) in [6.45, 7) is 18.2. The summed E-state index contributed by atoms with van der Waals surface area (Å²) in [6, 6.07) is 0. The number of aliphatic hydroxyl groups is 2. The summed E-state index contributed by atoms with van der Waals surface area (Å²) in [5.74, 6) is 4.31. The van der Waals surface area contributed by atoms with Gasteiger partial charge in [-0.3, -0.25) is 19.2 Å². The molecule has 8 fully saturated rings. The Morgan fingerprint density at radius 3 is 1.31 bits per heavy atom. The molecule has 0 radical (unpaired) electrons. The van der Waals surface area contributed by atoms with Crippen LogP contribution in [0.25, 0.3) is 0 Å². The number of ether oxygens (including phenoxy) is 1. The maximum Gasteiger partial charge on any atom is 0.305 e. The molecule has 8 rings (SSSR count). The van der Waals surface area contributed by atoms with Gasteiger partial charge in [-0.2, -0.15) is 0 Å². The zero-order valence-electron chi connectivity index (χ0n) is 39.3. The molecule has 8 aliphatic carbocycles. The molecule has 0 heterocycles. The highest BCUT2D eigenvalue weighted by molar-refractivity contribution is 6.00. The number of fused-ring (bicyclic) bond motifs is 10. The van der Waals surface area contributed by atoms with Crippen LogP contribution in [-0.2, 0) is 23.9 Å². The molecule has 0 aromatic heterocycles. The molecule has 3 N–H and O–H groups in total. The third-order valence-corrected chi connectivity index (χ3v) is 20.8. The van der Waals surface area contributed by atoms with Crippen LogP contribution in [-0.4, -0.2) is 58.1 Å². The van der Waals surface area contributed by atoms with E-state index >= 15 is 0 Å². The molecule has 0 aliphatic heterocycles. The number of rotatable bonds is 8. The molecule has 8 heteroatoms. The summed E-state index contributed by atoms with van der Waals surface area (Å²) in [6.07, 6.45) is 20.3. The lowest BCUT2D eigenvalue weighted by Crippen LogP contribution is -2.58. The monoisotopic (exact) mass is 911 g/mol. The van der Waals surface area contributed by atoms with Gasteiger partial charge in [-0.25, -0.2) is 0 Å². The van der Waals surface area contributed by atoms with Crippen LogP contribution < -0.4 is 0 Å². The van der Waals surface area contributed by atoms with Crippen molar-refractivity contribution in [2.75, 3.05) is 7.11 Å². The minimum absolute atomic E-state index is 0. The van der Waals surface area contributed by atoms with Crippen molar-refractivity contribution < 1.29 is 39.2 Å². The van der Waals surface area contributed by atoms with Crippen LogP contribution in [0.3, 0.4) is 0 Å². The molecule has 8 aliphatic rings. The van der Waals surface area contributed by atoms with Crippen molar-refractivity contribution in [1.82, 2.24) is 0 Å². The minimum Gasteiger partial charge on any atom is -0.481 e. The van der Waals surface area contributed by atoms with Gasteiger partial charge in [-0.15, -0.1) is 0 Å². The van der Waals surface area contributed by atoms with E-state index in [1.54, 1.807) is 0 Å². The van der Waals surface area contributed by atoms with Gasteiger partial charge < -0.3 is 20.1 Å². The second-order valence-corrected chi connectivity index (χ2v) is 23.1. The smallest absolute Gasteiger partial charge is 0.305 e. The van der Waals surface area contributed by atoms with Gasteiger partial charge in [-0.05, 0) is 209 Å². The molecule has 0 aromatic carbocycles. The molecule has 374 valence electrons. The zero-order valence-corrected chi connectivity index (χ0v) is 39.3. The number of aliphatic hydroxyl groups excluding tert-OH is 2. The Morgan fingerprint density at radius 1 is 0.600 bits per heavy atom. The number of esters is 1. The molecular formula is C57H98O8. The lowest BCUT2D eigenvalue weighted by molar-refractivity contribution is -0.150. The predicted molar refractivity (Wildman–Crippen MR) is 265 cm³/mol. The maximum atomic E-state index is 13.9.